The molecule has 0 spiro atoms. The van der Waals surface area contributed by atoms with Gasteiger partial charge in [0.25, 0.3) is 0 Å². The molecule has 0 aromatic heterocycles. The third-order valence-electron chi connectivity index (χ3n) is 2.70. The molecule has 0 unspecified atom stereocenters. The normalized spacial score (nSPS) is 10.4. The van der Waals surface area contributed by atoms with Gasteiger partial charge in [0.1, 0.15) is 5.75 Å². The summed E-state index contributed by atoms with van der Waals surface area (Å²) < 4.78 is 2.03. The molecule has 0 aliphatic heterocycles. The van der Waals surface area contributed by atoms with Crippen molar-refractivity contribution < 1.29 is 5.11 Å². The van der Waals surface area contributed by atoms with Crippen LogP contribution in [0.2, 0.25) is 0 Å². The maximum absolute atomic E-state index is 9.76. The summed E-state index contributed by atoms with van der Waals surface area (Å²) >= 11 is 6.84. The summed E-state index contributed by atoms with van der Waals surface area (Å²) in [6.45, 7) is 2.64. The lowest BCUT2D eigenvalue weighted by atomic mass is 10.1. The SMILES string of the molecule is Cc1cc(Br)ccc1NCc1cc(Br)ccc1O. The van der Waals surface area contributed by atoms with Gasteiger partial charge >= 0.3 is 0 Å². The van der Waals surface area contributed by atoms with Crippen LogP contribution in [0.1, 0.15) is 11.1 Å². The minimum atomic E-state index is 0.306. The molecule has 0 fully saturated rings. The van der Waals surface area contributed by atoms with Gasteiger partial charge in [0, 0.05) is 26.7 Å². The lowest BCUT2D eigenvalue weighted by Crippen LogP contribution is -2.01. The summed E-state index contributed by atoms with van der Waals surface area (Å²) in [5.74, 6) is 0.306. The van der Waals surface area contributed by atoms with Crippen LogP contribution in [0, 0.1) is 6.92 Å². The number of anilines is 1. The second-order valence-electron chi connectivity index (χ2n) is 4.09. The van der Waals surface area contributed by atoms with E-state index in [1.807, 2.05) is 31.2 Å². The first-order valence-corrected chi connectivity index (χ1v) is 7.12. The Morgan fingerprint density at radius 2 is 1.72 bits per heavy atom. The number of benzene rings is 2. The fourth-order valence-electron chi connectivity index (χ4n) is 1.71. The van der Waals surface area contributed by atoms with E-state index in [2.05, 4.69) is 43.2 Å². The average molecular weight is 371 g/mol. The first-order chi connectivity index (χ1) is 8.56. The van der Waals surface area contributed by atoms with Gasteiger partial charge in [-0.3, -0.25) is 0 Å². The lowest BCUT2D eigenvalue weighted by molar-refractivity contribution is 0.469. The Hall–Kier alpha value is -1.00. The molecule has 0 aliphatic rings. The van der Waals surface area contributed by atoms with E-state index >= 15 is 0 Å². The molecule has 2 N–H and O–H groups in total. The number of phenolic OH excluding ortho intramolecular Hbond substituents is 1. The van der Waals surface area contributed by atoms with E-state index in [0.29, 0.717) is 12.3 Å². The van der Waals surface area contributed by atoms with Crippen molar-refractivity contribution in [1.82, 2.24) is 0 Å². The van der Waals surface area contributed by atoms with Gasteiger partial charge in [-0.15, -0.1) is 0 Å². The fourth-order valence-corrected chi connectivity index (χ4v) is 2.60. The van der Waals surface area contributed by atoms with Crippen LogP contribution in [-0.2, 0) is 6.54 Å². The van der Waals surface area contributed by atoms with Crippen molar-refractivity contribution in [3.63, 3.8) is 0 Å². The quantitative estimate of drug-likeness (QED) is 0.810. The zero-order valence-corrected chi connectivity index (χ0v) is 13.0. The number of nitrogens with one attached hydrogen (secondary N) is 1. The number of aryl methyl sites for hydroxylation is 1. The van der Waals surface area contributed by atoms with E-state index in [1.54, 1.807) is 6.07 Å². The second-order valence-corrected chi connectivity index (χ2v) is 5.92. The maximum atomic E-state index is 9.76. The zero-order chi connectivity index (χ0) is 13.1. The molecule has 2 aromatic rings. The van der Waals surface area contributed by atoms with E-state index in [9.17, 15) is 5.11 Å². The summed E-state index contributed by atoms with van der Waals surface area (Å²) in [5, 5.41) is 13.1. The number of hydrogen-bond acceptors (Lipinski definition) is 2. The van der Waals surface area contributed by atoms with Gasteiger partial charge in [0.2, 0.25) is 0 Å². The van der Waals surface area contributed by atoms with Crippen molar-refractivity contribution in [3.8, 4) is 5.75 Å². The minimum Gasteiger partial charge on any atom is -0.508 e. The predicted molar refractivity (Wildman–Crippen MR) is 82.0 cm³/mol. The van der Waals surface area contributed by atoms with E-state index in [0.717, 1.165) is 20.2 Å². The molecule has 0 radical (unpaired) electrons. The van der Waals surface area contributed by atoms with Crippen LogP contribution in [0.15, 0.2) is 45.3 Å². The van der Waals surface area contributed by atoms with Crippen molar-refractivity contribution in [2.45, 2.75) is 13.5 Å². The zero-order valence-electron chi connectivity index (χ0n) is 9.87. The van der Waals surface area contributed by atoms with E-state index in [1.165, 1.54) is 5.56 Å². The van der Waals surface area contributed by atoms with Gasteiger partial charge in [0.05, 0.1) is 0 Å². The number of phenols is 1. The highest BCUT2D eigenvalue weighted by atomic mass is 79.9. The van der Waals surface area contributed by atoms with E-state index in [4.69, 9.17) is 0 Å². The Bertz CT molecular complexity index is 570. The summed E-state index contributed by atoms with van der Waals surface area (Å²) in [6, 6.07) is 11.5. The van der Waals surface area contributed by atoms with Crippen LogP contribution >= 0.6 is 31.9 Å². The largest absolute Gasteiger partial charge is 0.508 e. The highest BCUT2D eigenvalue weighted by molar-refractivity contribution is 9.10. The Labute approximate surface area is 123 Å². The van der Waals surface area contributed by atoms with Crippen molar-refractivity contribution in [2.75, 3.05) is 5.32 Å². The van der Waals surface area contributed by atoms with E-state index < -0.39 is 0 Å². The Balaban J connectivity index is 2.13. The molecule has 2 aromatic carbocycles. The van der Waals surface area contributed by atoms with Crippen molar-refractivity contribution in [2.24, 2.45) is 0 Å². The number of halogens is 2. The molecule has 2 nitrogen and oxygen atoms in total. The topological polar surface area (TPSA) is 32.3 Å². The summed E-state index contributed by atoms with van der Waals surface area (Å²) in [7, 11) is 0. The van der Waals surface area contributed by atoms with Crippen LogP contribution in [0.25, 0.3) is 0 Å². The van der Waals surface area contributed by atoms with E-state index in [-0.39, 0.29) is 0 Å². The highest BCUT2D eigenvalue weighted by Gasteiger charge is 2.03. The summed E-state index contributed by atoms with van der Waals surface area (Å²) in [5.41, 5.74) is 3.10. The smallest absolute Gasteiger partial charge is 0.120 e. The predicted octanol–water partition coefficient (Wildman–Crippen LogP) is 4.84. The fraction of sp³-hybridized carbons (Fsp3) is 0.143. The van der Waals surface area contributed by atoms with Crippen molar-refractivity contribution >= 4 is 37.5 Å². The average Bonchev–Trinajstić information content (AvgIpc) is 2.32. The minimum absolute atomic E-state index is 0.306. The van der Waals surface area contributed by atoms with Gasteiger partial charge < -0.3 is 10.4 Å². The Morgan fingerprint density at radius 3 is 2.44 bits per heavy atom. The molecule has 0 atom stereocenters. The first kappa shape index (κ1) is 13.4. The number of hydrogen-bond donors (Lipinski definition) is 2. The van der Waals surface area contributed by atoms with Gasteiger partial charge in [0.15, 0.2) is 0 Å². The van der Waals surface area contributed by atoms with Crippen LogP contribution in [-0.4, -0.2) is 5.11 Å². The summed E-state index contributed by atoms with van der Waals surface area (Å²) in [4.78, 5) is 0. The monoisotopic (exact) mass is 369 g/mol. The molecular weight excluding hydrogens is 358 g/mol. The third-order valence-corrected chi connectivity index (χ3v) is 3.69. The Morgan fingerprint density at radius 1 is 1.06 bits per heavy atom. The third kappa shape index (κ3) is 3.27. The van der Waals surface area contributed by atoms with Crippen molar-refractivity contribution in [1.29, 1.82) is 0 Å². The molecule has 18 heavy (non-hydrogen) atoms. The van der Waals surface area contributed by atoms with Crippen LogP contribution < -0.4 is 5.32 Å². The molecule has 2 rings (SSSR count). The Kier molecular flexibility index (Phi) is 4.30. The molecule has 0 aliphatic carbocycles. The molecule has 0 bridgehead atoms. The first-order valence-electron chi connectivity index (χ1n) is 5.53. The number of aromatic hydroxyl groups is 1. The molecule has 4 heteroatoms. The van der Waals surface area contributed by atoms with Crippen LogP contribution in [0.4, 0.5) is 5.69 Å². The molecule has 0 saturated carbocycles. The van der Waals surface area contributed by atoms with Crippen molar-refractivity contribution in [3.05, 3.63) is 56.5 Å². The molecule has 0 amide bonds. The number of rotatable bonds is 3. The van der Waals surface area contributed by atoms with Gasteiger partial charge in [-0.25, -0.2) is 0 Å². The second kappa shape index (κ2) is 5.76. The van der Waals surface area contributed by atoms with Gasteiger partial charge in [-0.05, 0) is 48.9 Å². The van der Waals surface area contributed by atoms with Crippen LogP contribution in [0.3, 0.4) is 0 Å². The maximum Gasteiger partial charge on any atom is 0.120 e. The van der Waals surface area contributed by atoms with Gasteiger partial charge in [-0.2, -0.15) is 0 Å². The molecule has 94 valence electrons. The highest BCUT2D eigenvalue weighted by Crippen LogP contribution is 2.24. The van der Waals surface area contributed by atoms with Crippen LogP contribution in [0.5, 0.6) is 5.75 Å². The van der Waals surface area contributed by atoms with Gasteiger partial charge in [-0.1, -0.05) is 31.9 Å². The summed E-state index contributed by atoms with van der Waals surface area (Å²) in [6.07, 6.45) is 0. The molecule has 0 saturated heterocycles. The molecular formula is C14H13Br2NO. The molecule has 0 heterocycles. The lowest BCUT2D eigenvalue weighted by Gasteiger charge is -2.11. The standard InChI is InChI=1S/C14H13Br2NO/c1-9-6-11(15)2-4-13(9)17-8-10-7-12(16)3-5-14(10)18/h2-7,17-18H,8H2,1H3.